The number of benzene rings is 2. The highest BCUT2D eigenvalue weighted by molar-refractivity contribution is 6.11. The van der Waals surface area contributed by atoms with Gasteiger partial charge in [-0.25, -0.2) is 4.39 Å². The van der Waals surface area contributed by atoms with Crippen LogP contribution in [0.1, 0.15) is 40.5 Å². The highest BCUT2D eigenvalue weighted by atomic mass is 19.1. The van der Waals surface area contributed by atoms with E-state index < -0.39 is 28.2 Å². The second-order valence-electron chi connectivity index (χ2n) is 6.51. The van der Waals surface area contributed by atoms with E-state index in [4.69, 9.17) is 0 Å². The number of halogens is 1. The summed E-state index contributed by atoms with van der Waals surface area (Å²) < 4.78 is 13.0. The van der Waals surface area contributed by atoms with Gasteiger partial charge >= 0.3 is 0 Å². The third kappa shape index (κ3) is 4.55. The Balaban J connectivity index is 1.92. The minimum Gasteiger partial charge on any atom is -0.322 e. The number of hydrogen-bond donors (Lipinski definition) is 2. The fourth-order valence-electron chi connectivity index (χ4n) is 2.95. The molecule has 2 aromatic carbocycles. The summed E-state index contributed by atoms with van der Waals surface area (Å²) in [5.74, 6) is -1.92. The molecule has 0 unspecified atom stereocenters. The van der Waals surface area contributed by atoms with E-state index in [1.54, 1.807) is 6.08 Å². The first-order valence-corrected chi connectivity index (χ1v) is 8.89. The predicted octanol–water partition coefficient (Wildman–Crippen LogP) is 4.34. The van der Waals surface area contributed by atoms with Gasteiger partial charge in [0.25, 0.3) is 17.5 Å². The number of para-hydroxylation sites is 1. The van der Waals surface area contributed by atoms with Crippen LogP contribution >= 0.6 is 0 Å². The maximum atomic E-state index is 13.0. The number of hydrogen-bond acceptors (Lipinski definition) is 4. The molecule has 2 amide bonds. The number of carbonyl (C=O) groups is 2. The molecule has 29 heavy (non-hydrogen) atoms. The van der Waals surface area contributed by atoms with Gasteiger partial charge in [-0.05, 0) is 67.8 Å². The Morgan fingerprint density at radius 2 is 1.66 bits per heavy atom. The molecule has 1 aliphatic rings. The van der Waals surface area contributed by atoms with Crippen LogP contribution in [0.15, 0.2) is 65.9 Å². The van der Waals surface area contributed by atoms with Gasteiger partial charge in [0.15, 0.2) is 0 Å². The lowest BCUT2D eigenvalue weighted by Gasteiger charge is -2.14. The van der Waals surface area contributed by atoms with Crippen LogP contribution in [0, 0.1) is 15.9 Å². The molecule has 0 aliphatic heterocycles. The summed E-state index contributed by atoms with van der Waals surface area (Å²) in [6.07, 6.45) is 5.32. The number of rotatable bonds is 5. The maximum absolute atomic E-state index is 13.0. The Bertz CT molecular complexity index is 1040. The predicted molar refractivity (Wildman–Crippen MR) is 106 cm³/mol. The topological polar surface area (TPSA) is 101 Å². The average molecular weight is 395 g/mol. The van der Waals surface area contributed by atoms with Crippen LogP contribution in [-0.2, 0) is 0 Å². The SMILES string of the molecule is CC1=C(NC(=O)c2cccc(C(=O)Nc3ccc(F)cc3)c2[N+](=O)[O-])C=CCC1. The maximum Gasteiger partial charge on any atom is 0.294 e. The van der Waals surface area contributed by atoms with Gasteiger partial charge in [0.2, 0.25) is 0 Å². The van der Waals surface area contributed by atoms with Crippen molar-refractivity contribution >= 4 is 23.2 Å². The fourth-order valence-corrected chi connectivity index (χ4v) is 2.95. The van der Waals surface area contributed by atoms with Crippen LogP contribution < -0.4 is 10.6 Å². The van der Waals surface area contributed by atoms with Gasteiger partial charge in [-0.15, -0.1) is 0 Å². The van der Waals surface area contributed by atoms with Crippen molar-refractivity contribution in [1.82, 2.24) is 5.32 Å². The van der Waals surface area contributed by atoms with Crippen LogP contribution in [0.5, 0.6) is 0 Å². The normalized spacial score (nSPS) is 13.2. The molecule has 3 rings (SSSR count). The van der Waals surface area contributed by atoms with Crippen molar-refractivity contribution in [2.75, 3.05) is 5.32 Å². The van der Waals surface area contributed by atoms with E-state index in [2.05, 4.69) is 10.6 Å². The lowest BCUT2D eigenvalue weighted by molar-refractivity contribution is -0.385. The first kappa shape index (κ1) is 19.9. The van der Waals surface area contributed by atoms with E-state index >= 15 is 0 Å². The lowest BCUT2D eigenvalue weighted by Crippen LogP contribution is -2.25. The fraction of sp³-hybridized carbons (Fsp3) is 0.143. The largest absolute Gasteiger partial charge is 0.322 e. The molecule has 0 aromatic heterocycles. The van der Waals surface area contributed by atoms with Gasteiger partial charge in [0.1, 0.15) is 16.9 Å². The van der Waals surface area contributed by atoms with Gasteiger partial charge in [-0.1, -0.05) is 12.1 Å². The summed E-state index contributed by atoms with van der Waals surface area (Å²) in [5.41, 5.74) is 0.750. The number of allylic oxidation sites excluding steroid dienone is 3. The molecular formula is C21H18FN3O4. The van der Waals surface area contributed by atoms with Gasteiger partial charge in [-0.2, -0.15) is 0 Å². The number of amides is 2. The lowest BCUT2D eigenvalue weighted by atomic mass is 10.0. The van der Waals surface area contributed by atoms with Gasteiger partial charge in [0, 0.05) is 11.4 Å². The van der Waals surface area contributed by atoms with Crippen molar-refractivity contribution in [3.63, 3.8) is 0 Å². The highest BCUT2D eigenvalue weighted by Gasteiger charge is 2.28. The molecular weight excluding hydrogens is 377 g/mol. The molecule has 2 aromatic rings. The molecule has 0 heterocycles. The number of nitro benzene ring substituents is 1. The first-order chi connectivity index (χ1) is 13.9. The molecule has 0 saturated heterocycles. The van der Waals surface area contributed by atoms with E-state index in [-0.39, 0.29) is 16.8 Å². The second kappa shape index (κ2) is 8.47. The second-order valence-corrected chi connectivity index (χ2v) is 6.51. The smallest absolute Gasteiger partial charge is 0.294 e. The number of carbonyl (C=O) groups excluding carboxylic acids is 2. The summed E-state index contributed by atoms with van der Waals surface area (Å²) >= 11 is 0. The first-order valence-electron chi connectivity index (χ1n) is 8.89. The zero-order chi connectivity index (χ0) is 21.0. The van der Waals surface area contributed by atoms with E-state index in [0.29, 0.717) is 5.70 Å². The Labute approximate surface area is 166 Å². The quantitative estimate of drug-likeness (QED) is 0.581. The molecule has 0 bridgehead atoms. The molecule has 0 spiro atoms. The minimum atomic E-state index is -0.772. The molecule has 0 radical (unpaired) electrons. The van der Waals surface area contributed by atoms with Crippen molar-refractivity contribution in [3.05, 3.63) is 92.9 Å². The van der Waals surface area contributed by atoms with Crippen molar-refractivity contribution in [1.29, 1.82) is 0 Å². The summed E-state index contributed by atoms with van der Waals surface area (Å²) in [5, 5.41) is 16.8. The number of nitro groups is 1. The van der Waals surface area contributed by atoms with Crippen molar-refractivity contribution in [3.8, 4) is 0 Å². The monoisotopic (exact) mass is 395 g/mol. The van der Waals surface area contributed by atoms with Gasteiger partial charge in [0.05, 0.1) is 4.92 Å². The molecule has 0 fully saturated rings. The van der Waals surface area contributed by atoms with Crippen molar-refractivity contribution < 1.29 is 18.9 Å². The van der Waals surface area contributed by atoms with E-state index in [1.165, 1.54) is 30.3 Å². The van der Waals surface area contributed by atoms with Crippen molar-refractivity contribution in [2.45, 2.75) is 19.8 Å². The Morgan fingerprint density at radius 1 is 1.03 bits per heavy atom. The van der Waals surface area contributed by atoms with Crippen LogP contribution in [-0.4, -0.2) is 16.7 Å². The Hall–Kier alpha value is -3.81. The van der Waals surface area contributed by atoms with Gasteiger partial charge < -0.3 is 10.6 Å². The Morgan fingerprint density at radius 3 is 2.24 bits per heavy atom. The molecule has 7 nitrogen and oxygen atoms in total. The van der Waals surface area contributed by atoms with E-state index in [1.807, 2.05) is 13.0 Å². The Kier molecular flexibility index (Phi) is 5.82. The minimum absolute atomic E-state index is 0.221. The molecule has 0 saturated carbocycles. The molecule has 148 valence electrons. The standard InChI is InChI=1S/C21H18FN3O4/c1-13-5-2-3-8-18(13)24-21(27)17-7-4-6-16(19(17)25(28)29)20(26)23-15-11-9-14(22)10-12-15/h3-4,6-12H,2,5H2,1H3,(H,23,26)(H,24,27). The van der Waals surface area contributed by atoms with Gasteiger partial charge in [-0.3, -0.25) is 19.7 Å². The zero-order valence-electron chi connectivity index (χ0n) is 15.6. The van der Waals surface area contributed by atoms with Crippen LogP contribution in [0.25, 0.3) is 0 Å². The number of nitrogens with zero attached hydrogens (tertiary/aromatic N) is 1. The summed E-state index contributed by atoms with van der Waals surface area (Å²) in [6, 6.07) is 8.94. The number of nitrogens with one attached hydrogen (secondary N) is 2. The average Bonchev–Trinajstić information content (AvgIpc) is 2.70. The third-order valence-electron chi connectivity index (χ3n) is 4.49. The van der Waals surface area contributed by atoms with Crippen LogP contribution in [0.2, 0.25) is 0 Å². The summed E-state index contributed by atoms with van der Waals surface area (Å²) in [6.45, 7) is 1.88. The molecule has 2 N–H and O–H groups in total. The van der Waals surface area contributed by atoms with Crippen LogP contribution in [0.4, 0.5) is 15.8 Å². The summed E-state index contributed by atoms with van der Waals surface area (Å²) in [4.78, 5) is 36.2. The third-order valence-corrected chi connectivity index (χ3v) is 4.49. The number of anilines is 1. The van der Waals surface area contributed by atoms with Crippen LogP contribution in [0.3, 0.4) is 0 Å². The zero-order valence-corrected chi connectivity index (χ0v) is 15.6. The van der Waals surface area contributed by atoms with Crippen molar-refractivity contribution in [2.24, 2.45) is 0 Å². The molecule has 8 heteroatoms. The summed E-state index contributed by atoms with van der Waals surface area (Å²) in [7, 11) is 0. The molecule has 0 atom stereocenters. The van der Waals surface area contributed by atoms with E-state index in [0.717, 1.165) is 30.5 Å². The van der Waals surface area contributed by atoms with E-state index in [9.17, 15) is 24.1 Å². The molecule has 1 aliphatic carbocycles. The highest BCUT2D eigenvalue weighted by Crippen LogP contribution is 2.26.